The standard InChI is InChI=1S/C39H26N4O3/c1-42-20-19-41-39(42)25-21-30-28-13-5-7-15-32(28)46-38(30)35(22-25)44-27-23-31(37-29-14-6-8-16-33(29)45-34(37)24-27)43(26-11-3-2-4-12-26)36-17-9-10-18-40-36/h2-24H,1H3. The minimum atomic E-state index is 0.581. The number of anilines is 3. The lowest BCUT2D eigenvalue weighted by Gasteiger charge is -2.25. The summed E-state index contributed by atoms with van der Waals surface area (Å²) in [5.74, 6) is 2.78. The molecule has 0 aliphatic carbocycles. The lowest BCUT2D eigenvalue weighted by atomic mass is 10.1. The van der Waals surface area contributed by atoms with Crippen LogP contribution in [0.25, 0.3) is 55.3 Å². The Bertz CT molecular complexity index is 2490. The van der Waals surface area contributed by atoms with Crippen molar-refractivity contribution in [3.8, 4) is 22.9 Å². The van der Waals surface area contributed by atoms with Crippen molar-refractivity contribution in [2.45, 2.75) is 0 Å². The average molecular weight is 599 g/mol. The molecule has 0 amide bonds. The van der Waals surface area contributed by atoms with Crippen LogP contribution >= 0.6 is 0 Å². The summed E-state index contributed by atoms with van der Waals surface area (Å²) in [6.45, 7) is 0. The van der Waals surface area contributed by atoms with Gasteiger partial charge in [0.1, 0.15) is 34.1 Å². The maximum absolute atomic E-state index is 6.83. The van der Waals surface area contributed by atoms with Crippen molar-refractivity contribution in [2.24, 2.45) is 7.05 Å². The lowest BCUT2D eigenvalue weighted by molar-refractivity contribution is 0.476. The second kappa shape index (κ2) is 10.4. The first-order chi connectivity index (χ1) is 22.7. The van der Waals surface area contributed by atoms with Crippen LogP contribution in [0, 0.1) is 0 Å². The number of fused-ring (bicyclic) bond motifs is 6. The van der Waals surface area contributed by atoms with Crippen LogP contribution in [0.1, 0.15) is 0 Å². The number of rotatable bonds is 6. The van der Waals surface area contributed by atoms with E-state index in [2.05, 4.69) is 40.2 Å². The molecule has 7 nitrogen and oxygen atoms in total. The highest BCUT2D eigenvalue weighted by Crippen LogP contribution is 2.46. The summed E-state index contributed by atoms with van der Waals surface area (Å²) in [6, 6.07) is 40.3. The number of aromatic nitrogens is 3. The van der Waals surface area contributed by atoms with Gasteiger partial charge in [0.15, 0.2) is 11.3 Å². The average Bonchev–Trinajstić information content (AvgIpc) is 3.80. The van der Waals surface area contributed by atoms with E-state index in [0.717, 1.165) is 61.3 Å². The van der Waals surface area contributed by atoms with E-state index < -0.39 is 0 Å². The van der Waals surface area contributed by atoms with Crippen LogP contribution in [0.2, 0.25) is 0 Å². The van der Waals surface area contributed by atoms with Crippen LogP contribution in [0.5, 0.6) is 11.5 Å². The van der Waals surface area contributed by atoms with E-state index in [-0.39, 0.29) is 0 Å². The first-order valence-electron chi connectivity index (χ1n) is 15.0. The minimum absolute atomic E-state index is 0.581. The molecule has 46 heavy (non-hydrogen) atoms. The van der Waals surface area contributed by atoms with Crippen LogP contribution in [-0.4, -0.2) is 14.5 Å². The third-order valence-corrected chi connectivity index (χ3v) is 8.32. The molecule has 0 saturated heterocycles. The molecule has 9 rings (SSSR count). The predicted octanol–water partition coefficient (Wildman–Crippen LogP) is 10.5. The summed E-state index contributed by atoms with van der Waals surface area (Å²) in [5.41, 5.74) is 5.71. The molecule has 0 saturated carbocycles. The monoisotopic (exact) mass is 598 g/mol. The van der Waals surface area contributed by atoms with Crippen LogP contribution in [0.3, 0.4) is 0 Å². The van der Waals surface area contributed by atoms with E-state index in [1.54, 1.807) is 12.4 Å². The first kappa shape index (κ1) is 26.1. The molecule has 7 heteroatoms. The highest BCUT2D eigenvalue weighted by atomic mass is 16.5. The molecule has 4 heterocycles. The minimum Gasteiger partial charge on any atom is -0.456 e. The van der Waals surface area contributed by atoms with E-state index in [9.17, 15) is 0 Å². The number of para-hydroxylation sites is 3. The molecule has 0 N–H and O–H groups in total. The van der Waals surface area contributed by atoms with E-state index in [1.807, 2.05) is 109 Å². The smallest absolute Gasteiger partial charge is 0.177 e. The quantitative estimate of drug-likeness (QED) is 0.190. The van der Waals surface area contributed by atoms with E-state index in [0.29, 0.717) is 22.7 Å². The van der Waals surface area contributed by atoms with Gasteiger partial charge in [0.05, 0.1) is 11.1 Å². The molecule has 0 bridgehead atoms. The second-order valence-corrected chi connectivity index (χ2v) is 11.2. The van der Waals surface area contributed by atoms with Crippen molar-refractivity contribution in [1.82, 2.24) is 14.5 Å². The Labute approximate surface area is 263 Å². The number of furan rings is 2. The first-order valence-corrected chi connectivity index (χ1v) is 15.0. The van der Waals surface area contributed by atoms with Gasteiger partial charge in [-0.15, -0.1) is 0 Å². The van der Waals surface area contributed by atoms with Crippen molar-refractivity contribution < 1.29 is 13.6 Å². The van der Waals surface area contributed by atoms with Gasteiger partial charge < -0.3 is 18.1 Å². The summed E-state index contributed by atoms with van der Waals surface area (Å²) < 4.78 is 21.7. The lowest BCUT2D eigenvalue weighted by Crippen LogP contribution is -2.11. The zero-order valence-electron chi connectivity index (χ0n) is 24.8. The van der Waals surface area contributed by atoms with E-state index >= 15 is 0 Å². The predicted molar refractivity (Wildman–Crippen MR) is 182 cm³/mol. The number of pyridine rings is 1. The molecule has 9 aromatic rings. The number of imidazole rings is 1. The van der Waals surface area contributed by atoms with Gasteiger partial charge in [0, 0.05) is 65.2 Å². The maximum atomic E-state index is 6.83. The zero-order valence-corrected chi connectivity index (χ0v) is 24.8. The van der Waals surface area contributed by atoms with Crippen molar-refractivity contribution >= 4 is 61.1 Å². The zero-order chi connectivity index (χ0) is 30.6. The molecule has 0 fully saturated rings. The van der Waals surface area contributed by atoms with Crippen molar-refractivity contribution in [3.63, 3.8) is 0 Å². The largest absolute Gasteiger partial charge is 0.456 e. The van der Waals surface area contributed by atoms with Gasteiger partial charge in [-0.3, -0.25) is 4.90 Å². The van der Waals surface area contributed by atoms with Crippen LogP contribution in [-0.2, 0) is 7.05 Å². The van der Waals surface area contributed by atoms with Crippen LogP contribution < -0.4 is 9.64 Å². The number of ether oxygens (including phenoxy) is 1. The molecule has 0 spiro atoms. The number of aryl methyl sites for hydroxylation is 1. The van der Waals surface area contributed by atoms with Crippen molar-refractivity contribution in [3.05, 3.63) is 140 Å². The fraction of sp³-hybridized carbons (Fsp3) is 0.0256. The Morgan fingerprint density at radius 3 is 2.20 bits per heavy atom. The SMILES string of the molecule is Cn1ccnc1-c1cc(Oc2cc(N(c3ccccc3)c3ccccn3)c3c(c2)oc2ccccc23)c2oc3ccccc3c2c1. The summed E-state index contributed by atoms with van der Waals surface area (Å²) in [7, 11) is 1.98. The van der Waals surface area contributed by atoms with Crippen LogP contribution in [0.15, 0.2) is 149 Å². The summed E-state index contributed by atoms with van der Waals surface area (Å²) in [4.78, 5) is 11.5. The van der Waals surface area contributed by atoms with Gasteiger partial charge >= 0.3 is 0 Å². The third kappa shape index (κ3) is 4.21. The number of hydrogen-bond donors (Lipinski definition) is 0. The van der Waals surface area contributed by atoms with E-state index in [4.69, 9.17) is 18.6 Å². The van der Waals surface area contributed by atoms with Crippen LogP contribution in [0.4, 0.5) is 17.2 Å². The van der Waals surface area contributed by atoms with Gasteiger partial charge in [-0.05, 0) is 48.5 Å². The summed E-state index contributed by atoms with van der Waals surface area (Å²) in [6.07, 6.45) is 5.54. The third-order valence-electron chi connectivity index (χ3n) is 8.32. The molecular formula is C39H26N4O3. The summed E-state index contributed by atoms with van der Waals surface area (Å²) >= 11 is 0. The molecular weight excluding hydrogens is 572 g/mol. The molecule has 0 unspecified atom stereocenters. The van der Waals surface area contributed by atoms with Crippen molar-refractivity contribution in [1.29, 1.82) is 0 Å². The molecule has 4 aromatic heterocycles. The van der Waals surface area contributed by atoms with Gasteiger partial charge in [0.2, 0.25) is 0 Å². The molecule has 0 aliphatic heterocycles. The van der Waals surface area contributed by atoms with Gasteiger partial charge in [0.25, 0.3) is 0 Å². The Hall–Kier alpha value is -6.34. The summed E-state index contributed by atoms with van der Waals surface area (Å²) in [5, 5.41) is 3.94. The topological polar surface area (TPSA) is 69.5 Å². The molecule has 5 aromatic carbocycles. The number of nitrogens with zero attached hydrogens (tertiary/aromatic N) is 4. The fourth-order valence-electron chi connectivity index (χ4n) is 6.27. The second-order valence-electron chi connectivity index (χ2n) is 11.2. The molecule has 0 atom stereocenters. The maximum Gasteiger partial charge on any atom is 0.177 e. The Morgan fingerprint density at radius 2 is 1.41 bits per heavy atom. The van der Waals surface area contributed by atoms with E-state index in [1.165, 1.54) is 0 Å². The van der Waals surface area contributed by atoms with Gasteiger partial charge in [-0.1, -0.05) is 60.7 Å². The Balaban J connectivity index is 1.30. The fourth-order valence-corrected chi connectivity index (χ4v) is 6.27. The Kier molecular flexibility index (Phi) is 5.89. The number of benzene rings is 5. The Morgan fingerprint density at radius 1 is 0.652 bits per heavy atom. The highest BCUT2D eigenvalue weighted by Gasteiger charge is 2.23. The molecule has 0 aliphatic rings. The van der Waals surface area contributed by atoms with Crippen molar-refractivity contribution in [2.75, 3.05) is 4.90 Å². The normalized spacial score (nSPS) is 11.6. The molecule has 0 radical (unpaired) electrons. The number of hydrogen-bond acceptors (Lipinski definition) is 6. The molecule has 220 valence electrons. The van der Waals surface area contributed by atoms with Gasteiger partial charge in [-0.2, -0.15) is 0 Å². The van der Waals surface area contributed by atoms with Gasteiger partial charge in [-0.25, -0.2) is 9.97 Å². The highest BCUT2D eigenvalue weighted by molar-refractivity contribution is 6.14.